The number of primary amides is 1. The minimum atomic E-state index is -0.840. The smallest absolute Gasteiger partial charge is 0.318 e. The molecule has 1 unspecified atom stereocenters. The average molecular weight is 257 g/mol. The van der Waals surface area contributed by atoms with E-state index in [2.05, 4.69) is 5.32 Å². The zero-order valence-corrected chi connectivity index (χ0v) is 10.6. The molecule has 7 heteroatoms. The molecular weight excluding hydrogens is 238 g/mol. The predicted octanol–water partition coefficient (Wildman–Crippen LogP) is -0.243. The van der Waals surface area contributed by atoms with Crippen molar-refractivity contribution in [1.29, 1.82) is 0 Å². The molecule has 1 heterocycles. The second kappa shape index (κ2) is 5.24. The lowest BCUT2D eigenvalue weighted by atomic mass is 9.80. The molecule has 102 valence electrons. The largest absolute Gasteiger partial charge is 0.481 e. The summed E-state index contributed by atoms with van der Waals surface area (Å²) in [7, 11) is 0. The second-order valence-electron chi connectivity index (χ2n) is 4.93. The van der Waals surface area contributed by atoms with Crippen LogP contribution in [0.15, 0.2) is 0 Å². The zero-order chi connectivity index (χ0) is 13.9. The summed E-state index contributed by atoms with van der Waals surface area (Å²) >= 11 is 0. The number of hydrogen-bond donors (Lipinski definition) is 3. The van der Waals surface area contributed by atoms with E-state index < -0.39 is 23.3 Å². The van der Waals surface area contributed by atoms with Crippen LogP contribution in [0.1, 0.15) is 26.7 Å². The van der Waals surface area contributed by atoms with Crippen LogP contribution in [0.25, 0.3) is 0 Å². The van der Waals surface area contributed by atoms with Crippen LogP contribution in [0.3, 0.4) is 0 Å². The fourth-order valence-electron chi connectivity index (χ4n) is 1.76. The summed E-state index contributed by atoms with van der Waals surface area (Å²) in [5.74, 6) is -1.44. The number of carbonyl (C=O) groups is 3. The number of carbonyl (C=O) groups excluding carboxylic acids is 2. The first-order valence-electron chi connectivity index (χ1n) is 5.84. The standard InChI is InChI=1S/C11H19N3O4/c1-7(8(12)15)13-10(18)14-5-3-11(2,4-6-14)9(16)17/h7H,3-6H2,1-2H3,(H2,12,15)(H,13,18)(H,16,17). The quantitative estimate of drug-likeness (QED) is 0.647. The first-order chi connectivity index (χ1) is 8.26. The van der Waals surface area contributed by atoms with Gasteiger partial charge in [-0.15, -0.1) is 0 Å². The molecule has 0 spiro atoms. The third kappa shape index (κ3) is 3.12. The van der Waals surface area contributed by atoms with Crippen molar-refractivity contribution in [3.8, 4) is 0 Å². The number of nitrogens with zero attached hydrogens (tertiary/aromatic N) is 1. The molecule has 0 aromatic heterocycles. The van der Waals surface area contributed by atoms with Crippen molar-refractivity contribution < 1.29 is 19.5 Å². The van der Waals surface area contributed by atoms with Gasteiger partial charge in [-0.1, -0.05) is 0 Å². The minimum Gasteiger partial charge on any atom is -0.481 e. The maximum Gasteiger partial charge on any atom is 0.318 e. The SMILES string of the molecule is CC(NC(=O)N1CCC(C)(C(=O)O)CC1)C(N)=O. The summed E-state index contributed by atoms with van der Waals surface area (Å²) in [6, 6.07) is -1.11. The van der Waals surface area contributed by atoms with Gasteiger partial charge in [-0.2, -0.15) is 0 Å². The summed E-state index contributed by atoms with van der Waals surface area (Å²) < 4.78 is 0. The van der Waals surface area contributed by atoms with Gasteiger partial charge in [-0.05, 0) is 26.7 Å². The number of carboxylic acid groups (broad SMARTS) is 1. The zero-order valence-electron chi connectivity index (χ0n) is 10.6. The normalized spacial score (nSPS) is 20.0. The van der Waals surface area contributed by atoms with E-state index in [1.54, 1.807) is 6.92 Å². The van der Waals surface area contributed by atoms with E-state index in [-0.39, 0.29) is 6.03 Å². The highest BCUT2D eigenvalue weighted by Crippen LogP contribution is 2.30. The molecule has 0 bridgehead atoms. The lowest BCUT2D eigenvalue weighted by molar-refractivity contribution is -0.150. The Morgan fingerprint density at radius 3 is 2.22 bits per heavy atom. The number of rotatable bonds is 3. The van der Waals surface area contributed by atoms with Crippen LogP contribution in [0, 0.1) is 5.41 Å². The lowest BCUT2D eigenvalue weighted by Gasteiger charge is -2.36. The van der Waals surface area contributed by atoms with Gasteiger partial charge in [0.1, 0.15) is 6.04 Å². The summed E-state index contributed by atoms with van der Waals surface area (Å²) in [4.78, 5) is 35.1. The molecule has 4 N–H and O–H groups in total. The molecule has 0 aromatic carbocycles. The monoisotopic (exact) mass is 257 g/mol. The predicted molar refractivity (Wildman–Crippen MR) is 63.7 cm³/mol. The fourth-order valence-corrected chi connectivity index (χ4v) is 1.76. The van der Waals surface area contributed by atoms with Crippen molar-refractivity contribution in [1.82, 2.24) is 10.2 Å². The van der Waals surface area contributed by atoms with Gasteiger partial charge < -0.3 is 21.1 Å². The molecule has 7 nitrogen and oxygen atoms in total. The number of aliphatic carboxylic acids is 1. The van der Waals surface area contributed by atoms with Gasteiger partial charge in [0.15, 0.2) is 0 Å². The molecule has 1 aliphatic heterocycles. The summed E-state index contributed by atoms with van der Waals surface area (Å²) in [5.41, 5.74) is 4.27. The molecule has 0 radical (unpaired) electrons. The average Bonchev–Trinajstić information content (AvgIpc) is 2.29. The van der Waals surface area contributed by atoms with E-state index in [0.29, 0.717) is 25.9 Å². The number of nitrogens with one attached hydrogen (secondary N) is 1. The molecular formula is C11H19N3O4. The molecule has 0 saturated carbocycles. The maximum absolute atomic E-state index is 11.8. The number of likely N-dealkylation sites (tertiary alicyclic amines) is 1. The maximum atomic E-state index is 11.8. The van der Waals surface area contributed by atoms with Gasteiger partial charge >= 0.3 is 12.0 Å². The molecule has 0 aromatic rings. The Labute approximate surface area is 105 Å². The highest BCUT2D eigenvalue weighted by atomic mass is 16.4. The van der Waals surface area contributed by atoms with E-state index in [1.807, 2.05) is 0 Å². The van der Waals surface area contributed by atoms with Gasteiger partial charge in [0, 0.05) is 13.1 Å². The van der Waals surface area contributed by atoms with Crippen molar-refractivity contribution in [3.05, 3.63) is 0 Å². The summed E-state index contributed by atoms with van der Waals surface area (Å²) in [6.45, 7) is 3.91. The first-order valence-corrected chi connectivity index (χ1v) is 5.84. The molecule has 1 fully saturated rings. The Hall–Kier alpha value is -1.79. The molecule has 1 atom stereocenters. The van der Waals surface area contributed by atoms with E-state index >= 15 is 0 Å². The fraction of sp³-hybridized carbons (Fsp3) is 0.727. The third-order valence-corrected chi connectivity index (χ3v) is 3.44. The van der Waals surface area contributed by atoms with Gasteiger partial charge in [0.2, 0.25) is 5.91 Å². The van der Waals surface area contributed by atoms with Crippen LogP contribution in [0.5, 0.6) is 0 Å². The number of hydrogen-bond acceptors (Lipinski definition) is 3. The number of piperidine rings is 1. The third-order valence-electron chi connectivity index (χ3n) is 3.44. The van der Waals surface area contributed by atoms with Crippen LogP contribution in [0.4, 0.5) is 4.79 Å². The van der Waals surface area contributed by atoms with Gasteiger partial charge in [0.05, 0.1) is 5.41 Å². The summed E-state index contributed by atoms with van der Waals surface area (Å²) in [6.07, 6.45) is 0.807. The highest BCUT2D eigenvalue weighted by molar-refractivity contribution is 5.85. The van der Waals surface area contributed by atoms with Crippen molar-refractivity contribution in [2.75, 3.05) is 13.1 Å². The Balaban J connectivity index is 2.50. The van der Waals surface area contributed by atoms with E-state index in [9.17, 15) is 14.4 Å². The van der Waals surface area contributed by atoms with Crippen molar-refractivity contribution >= 4 is 17.9 Å². The molecule has 3 amide bonds. The molecule has 0 aliphatic carbocycles. The van der Waals surface area contributed by atoms with Gasteiger partial charge in [-0.3, -0.25) is 9.59 Å². The lowest BCUT2D eigenvalue weighted by Crippen LogP contribution is -2.52. The Morgan fingerprint density at radius 1 is 1.33 bits per heavy atom. The van der Waals surface area contributed by atoms with Crippen molar-refractivity contribution in [2.24, 2.45) is 11.1 Å². The van der Waals surface area contributed by atoms with Crippen LogP contribution < -0.4 is 11.1 Å². The topological polar surface area (TPSA) is 113 Å². The van der Waals surface area contributed by atoms with E-state index in [0.717, 1.165) is 0 Å². The van der Waals surface area contributed by atoms with Crippen molar-refractivity contribution in [3.63, 3.8) is 0 Å². The van der Waals surface area contributed by atoms with E-state index in [1.165, 1.54) is 11.8 Å². The number of carboxylic acids is 1. The highest BCUT2D eigenvalue weighted by Gasteiger charge is 2.38. The molecule has 1 rings (SSSR count). The van der Waals surface area contributed by atoms with Crippen molar-refractivity contribution in [2.45, 2.75) is 32.7 Å². The summed E-state index contributed by atoms with van der Waals surface area (Å²) in [5, 5.41) is 11.5. The van der Waals surface area contributed by atoms with Crippen LogP contribution in [-0.4, -0.2) is 47.0 Å². The minimum absolute atomic E-state index is 0.361. The Kier molecular flexibility index (Phi) is 4.15. The molecule has 1 saturated heterocycles. The van der Waals surface area contributed by atoms with Crippen LogP contribution in [0.2, 0.25) is 0 Å². The number of amides is 3. The Morgan fingerprint density at radius 2 is 1.83 bits per heavy atom. The second-order valence-corrected chi connectivity index (χ2v) is 4.93. The van der Waals surface area contributed by atoms with E-state index in [4.69, 9.17) is 10.8 Å². The Bertz CT molecular complexity index is 361. The number of nitrogens with two attached hydrogens (primary N) is 1. The van der Waals surface area contributed by atoms with Gasteiger partial charge in [-0.25, -0.2) is 4.79 Å². The number of urea groups is 1. The van der Waals surface area contributed by atoms with Gasteiger partial charge in [0.25, 0.3) is 0 Å². The molecule has 1 aliphatic rings. The van der Waals surface area contributed by atoms with Crippen LogP contribution >= 0.6 is 0 Å². The molecule has 18 heavy (non-hydrogen) atoms. The first kappa shape index (κ1) is 14.3. The van der Waals surface area contributed by atoms with Crippen LogP contribution in [-0.2, 0) is 9.59 Å².